The normalized spacial score (nSPS) is 12.7. The van der Waals surface area contributed by atoms with E-state index in [1.165, 1.54) is 18.2 Å². The number of hydrogen-bond acceptors (Lipinski definition) is 2. The molecule has 0 radical (unpaired) electrons. The van der Waals surface area contributed by atoms with Crippen molar-refractivity contribution in [1.29, 1.82) is 0 Å². The molecule has 3 aromatic rings. The number of benzene rings is 3. The molecule has 0 aromatic heterocycles. The average molecular weight is 692 g/mol. The van der Waals surface area contributed by atoms with E-state index in [0.29, 0.717) is 0 Å². The third kappa shape index (κ3) is 6.33. The number of carbonyl (C=O) groups excluding carboxylic acids is 2. The van der Waals surface area contributed by atoms with Gasteiger partial charge in [-0.2, -0.15) is 39.5 Å². The molecule has 2 amide bonds. The van der Waals surface area contributed by atoms with E-state index in [1.54, 1.807) is 25.1 Å². The van der Waals surface area contributed by atoms with Gasteiger partial charge in [0.1, 0.15) is 0 Å². The summed E-state index contributed by atoms with van der Waals surface area (Å²) in [7, 11) is 0. The number of carbonyl (C=O) groups is 2. The van der Waals surface area contributed by atoms with E-state index in [0.717, 1.165) is 40.3 Å². The lowest BCUT2D eigenvalue weighted by Gasteiger charge is -2.31. The predicted molar refractivity (Wildman–Crippen MR) is 133 cm³/mol. The molecule has 4 nitrogen and oxygen atoms in total. The molecule has 0 saturated carbocycles. The molecular formula is C25H15F10IN2O2. The van der Waals surface area contributed by atoms with Gasteiger partial charge in [0, 0.05) is 25.9 Å². The van der Waals surface area contributed by atoms with Crippen LogP contribution in [0.25, 0.3) is 0 Å². The quantitative estimate of drug-likeness (QED) is 0.209. The van der Waals surface area contributed by atoms with Gasteiger partial charge in [-0.3, -0.25) is 9.59 Å². The summed E-state index contributed by atoms with van der Waals surface area (Å²) < 4.78 is 134. The Balaban J connectivity index is 1.99. The third-order valence-electron chi connectivity index (χ3n) is 5.48. The predicted octanol–water partition coefficient (Wildman–Crippen LogP) is 8.41. The molecule has 0 heterocycles. The lowest BCUT2D eigenvalue weighted by Crippen LogP contribution is -2.50. The zero-order valence-corrected chi connectivity index (χ0v) is 21.9. The van der Waals surface area contributed by atoms with E-state index in [1.807, 2.05) is 5.32 Å². The first-order valence-corrected chi connectivity index (χ1v) is 11.9. The Labute approximate surface area is 232 Å². The van der Waals surface area contributed by atoms with Crippen molar-refractivity contribution in [3.63, 3.8) is 0 Å². The molecule has 0 bridgehead atoms. The van der Waals surface area contributed by atoms with Gasteiger partial charge in [0.2, 0.25) is 0 Å². The Kier molecular flexibility index (Phi) is 8.49. The van der Waals surface area contributed by atoms with Crippen LogP contribution in [0.2, 0.25) is 0 Å². The van der Waals surface area contributed by atoms with Crippen LogP contribution < -0.4 is 10.6 Å². The van der Waals surface area contributed by atoms with Crippen LogP contribution in [-0.4, -0.2) is 24.2 Å². The number of amides is 2. The number of anilines is 2. The van der Waals surface area contributed by atoms with Gasteiger partial charge >= 0.3 is 24.2 Å². The Morgan fingerprint density at radius 2 is 1.23 bits per heavy atom. The van der Waals surface area contributed by atoms with E-state index < -0.39 is 62.5 Å². The SMILES string of the molecule is Cc1cccc(C(=O)Nc2cccc(C(=O)Nc3c(I)cc(C(F)(C(F)(F)F)C(F)(F)F)cc3C(F)(F)F)c2)c1. The maximum absolute atomic E-state index is 14.5. The second kappa shape index (κ2) is 10.9. The van der Waals surface area contributed by atoms with Crippen LogP contribution in [0, 0.1) is 10.5 Å². The van der Waals surface area contributed by atoms with E-state index in [4.69, 9.17) is 0 Å². The lowest BCUT2D eigenvalue weighted by atomic mass is 9.92. The molecule has 0 aliphatic carbocycles. The summed E-state index contributed by atoms with van der Waals surface area (Å²) in [6.45, 7) is 1.74. The molecule has 15 heteroatoms. The number of rotatable bonds is 5. The minimum atomic E-state index is -6.65. The topological polar surface area (TPSA) is 58.2 Å². The average Bonchev–Trinajstić information content (AvgIpc) is 2.82. The molecule has 2 N–H and O–H groups in total. The Morgan fingerprint density at radius 1 is 0.700 bits per heavy atom. The smallest absolute Gasteiger partial charge is 0.322 e. The Bertz CT molecular complexity index is 1430. The van der Waals surface area contributed by atoms with E-state index in [-0.39, 0.29) is 22.9 Å². The van der Waals surface area contributed by atoms with Crippen molar-refractivity contribution in [2.75, 3.05) is 10.6 Å². The van der Waals surface area contributed by atoms with Gasteiger partial charge in [-0.1, -0.05) is 23.8 Å². The molecule has 0 unspecified atom stereocenters. The zero-order valence-electron chi connectivity index (χ0n) is 19.7. The molecule has 0 atom stereocenters. The minimum Gasteiger partial charge on any atom is -0.322 e. The lowest BCUT2D eigenvalue weighted by molar-refractivity contribution is -0.348. The fourth-order valence-electron chi connectivity index (χ4n) is 3.56. The summed E-state index contributed by atoms with van der Waals surface area (Å²) in [5.74, 6) is -1.82. The van der Waals surface area contributed by atoms with Gasteiger partial charge in [0.05, 0.1) is 11.3 Å². The monoisotopic (exact) mass is 692 g/mol. The standard InChI is InChI=1S/C25H15F10IN2O2/c1-12-4-2-5-13(8-12)20(39)37-16-7-3-6-14(9-16)21(40)38-19-17(23(27,28)29)10-15(11-18(19)36)22(26,24(30,31)32)25(33,34)35/h2-11H,1H3,(H,37,39)(H,38,40). The molecule has 214 valence electrons. The fraction of sp³-hybridized carbons (Fsp3) is 0.200. The molecule has 0 saturated heterocycles. The van der Waals surface area contributed by atoms with Gasteiger partial charge in [-0.05, 0) is 72.0 Å². The highest BCUT2D eigenvalue weighted by molar-refractivity contribution is 14.1. The molecular weight excluding hydrogens is 677 g/mol. The number of alkyl halides is 10. The number of nitrogens with one attached hydrogen (secondary N) is 2. The van der Waals surface area contributed by atoms with Gasteiger partial charge in [-0.25, -0.2) is 4.39 Å². The molecule has 0 aliphatic rings. The molecule has 0 fully saturated rings. The molecule has 0 aliphatic heterocycles. The second-order valence-electron chi connectivity index (χ2n) is 8.39. The highest BCUT2D eigenvalue weighted by atomic mass is 127. The number of aryl methyl sites for hydroxylation is 1. The van der Waals surface area contributed by atoms with Gasteiger partial charge in [0.25, 0.3) is 11.8 Å². The van der Waals surface area contributed by atoms with Crippen molar-refractivity contribution in [3.05, 3.63) is 92.1 Å². The maximum Gasteiger partial charge on any atom is 0.435 e. The van der Waals surface area contributed by atoms with Crippen molar-refractivity contribution in [3.8, 4) is 0 Å². The summed E-state index contributed by atoms with van der Waals surface area (Å²) in [5, 5.41) is 4.30. The van der Waals surface area contributed by atoms with Gasteiger partial charge in [0.15, 0.2) is 0 Å². The first-order chi connectivity index (χ1) is 18.3. The van der Waals surface area contributed by atoms with Gasteiger partial charge < -0.3 is 10.6 Å². The largest absolute Gasteiger partial charge is 0.435 e. The Hall–Kier alpha value is -3.37. The second-order valence-corrected chi connectivity index (χ2v) is 9.55. The van der Waals surface area contributed by atoms with Crippen molar-refractivity contribution >= 4 is 45.8 Å². The minimum absolute atomic E-state index is 0.0535. The van der Waals surface area contributed by atoms with Crippen molar-refractivity contribution in [1.82, 2.24) is 0 Å². The summed E-state index contributed by atoms with van der Waals surface area (Å²) in [6.07, 6.45) is -18.9. The summed E-state index contributed by atoms with van der Waals surface area (Å²) in [5.41, 5.74) is -11.0. The highest BCUT2D eigenvalue weighted by Crippen LogP contribution is 2.54. The van der Waals surface area contributed by atoms with E-state index in [9.17, 15) is 53.5 Å². The van der Waals surface area contributed by atoms with Crippen LogP contribution >= 0.6 is 22.6 Å². The molecule has 40 heavy (non-hydrogen) atoms. The van der Waals surface area contributed by atoms with Crippen molar-refractivity contribution in [2.45, 2.75) is 31.1 Å². The van der Waals surface area contributed by atoms with Crippen LogP contribution in [0.4, 0.5) is 55.3 Å². The van der Waals surface area contributed by atoms with Crippen LogP contribution in [0.15, 0.2) is 60.7 Å². The number of hydrogen-bond donors (Lipinski definition) is 2. The van der Waals surface area contributed by atoms with Gasteiger partial charge in [-0.15, -0.1) is 0 Å². The van der Waals surface area contributed by atoms with Crippen LogP contribution in [0.5, 0.6) is 0 Å². The highest BCUT2D eigenvalue weighted by Gasteiger charge is 2.73. The van der Waals surface area contributed by atoms with Crippen LogP contribution in [-0.2, 0) is 11.8 Å². The zero-order chi connectivity index (χ0) is 30.3. The summed E-state index contributed by atoms with van der Waals surface area (Å²) >= 11 is 0.959. The summed E-state index contributed by atoms with van der Waals surface area (Å²) in [6, 6.07) is 10.6. The molecule has 3 aromatic carbocycles. The van der Waals surface area contributed by atoms with Crippen molar-refractivity contribution < 1.29 is 53.5 Å². The first-order valence-electron chi connectivity index (χ1n) is 10.8. The van der Waals surface area contributed by atoms with Crippen LogP contribution in [0.1, 0.15) is 37.4 Å². The van der Waals surface area contributed by atoms with Crippen LogP contribution in [0.3, 0.4) is 0 Å². The van der Waals surface area contributed by atoms with Crippen molar-refractivity contribution in [2.24, 2.45) is 0 Å². The molecule has 0 spiro atoms. The van der Waals surface area contributed by atoms with E-state index >= 15 is 0 Å². The first kappa shape index (κ1) is 31.2. The summed E-state index contributed by atoms with van der Waals surface area (Å²) in [4.78, 5) is 25.2. The fourth-order valence-corrected chi connectivity index (χ4v) is 4.32. The third-order valence-corrected chi connectivity index (χ3v) is 6.33. The number of halogens is 11. The Morgan fingerprint density at radius 3 is 1.75 bits per heavy atom. The maximum atomic E-state index is 14.5. The molecule has 3 rings (SSSR count). The van der Waals surface area contributed by atoms with E-state index in [2.05, 4.69) is 5.32 Å².